The van der Waals surface area contributed by atoms with Crippen LogP contribution in [0.25, 0.3) is 10.8 Å². The average Bonchev–Trinajstić information content (AvgIpc) is 2.46. The van der Waals surface area contributed by atoms with Gasteiger partial charge in [-0.25, -0.2) is 4.98 Å². The molecular weight excluding hydrogens is 270 g/mol. The van der Waals surface area contributed by atoms with Gasteiger partial charge in [0.25, 0.3) is 0 Å². The minimum atomic E-state index is 0.456. The molecule has 0 aliphatic heterocycles. The van der Waals surface area contributed by atoms with Crippen molar-refractivity contribution in [2.75, 3.05) is 0 Å². The van der Waals surface area contributed by atoms with E-state index in [2.05, 4.69) is 17.1 Å². The van der Waals surface area contributed by atoms with E-state index in [1.807, 2.05) is 49.4 Å². The molecule has 0 spiro atoms. The van der Waals surface area contributed by atoms with Crippen LogP contribution in [0, 0.1) is 6.92 Å². The molecule has 3 rings (SSSR count). The summed E-state index contributed by atoms with van der Waals surface area (Å²) in [5, 5.41) is 2.34. The molecule has 0 N–H and O–H groups in total. The number of hydrogen-bond acceptors (Lipinski definition) is 2. The Labute approximate surface area is 123 Å². The number of aryl methyl sites for hydroxylation is 1. The Kier molecular flexibility index (Phi) is 3.57. The Bertz CT molecular complexity index is 755. The molecule has 3 aromatic rings. The zero-order valence-electron chi connectivity index (χ0n) is 11.1. The van der Waals surface area contributed by atoms with Gasteiger partial charge in [0.05, 0.1) is 0 Å². The van der Waals surface area contributed by atoms with Gasteiger partial charge in [0.2, 0.25) is 5.88 Å². The van der Waals surface area contributed by atoms with Gasteiger partial charge in [-0.1, -0.05) is 30.3 Å². The molecule has 0 atom stereocenters. The molecule has 0 saturated carbocycles. The largest absolute Gasteiger partial charge is 0.439 e. The highest BCUT2D eigenvalue weighted by Gasteiger charge is 2.03. The normalized spacial score (nSPS) is 10.7. The summed E-state index contributed by atoms with van der Waals surface area (Å²) in [6.07, 6.45) is 0. The fraction of sp³-hybridized carbons (Fsp3) is 0.118. The average molecular weight is 284 g/mol. The Morgan fingerprint density at radius 1 is 1.00 bits per heavy atom. The predicted molar refractivity (Wildman–Crippen MR) is 82.6 cm³/mol. The molecule has 3 heteroatoms. The van der Waals surface area contributed by atoms with Gasteiger partial charge in [0.15, 0.2) is 0 Å². The summed E-state index contributed by atoms with van der Waals surface area (Å²) < 4.78 is 5.84. The first-order chi connectivity index (χ1) is 9.74. The van der Waals surface area contributed by atoms with Crippen LogP contribution in [0.5, 0.6) is 11.6 Å². The highest BCUT2D eigenvalue weighted by Crippen LogP contribution is 2.25. The predicted octanol–water partition coefficient (Wildman–Crippen LogP) is 5.07. The number of benzene rings is 2. The standard InChI is InChI=1S/C17H14ClNO/c1-12-8-13(11-18)9-17(19-12)20-16-7-6-14-4-2-3-5-15(14)10-16/h2-10H,11H2,1H3. The van der Waals surface area contributed by atoms with Crippen molar-refractivity contribution in [2.45, 2.75) is 12.8 Å². The summed E-state index contributed by atoms with van der Waals surface area (Å²) >= 11 is 5.87. The van der Waals surface area contributed by atoms with Crippen molar-refractivity contribution in [1.29, 1.82) is 0 Å². The Morgan fingerprint density at radius 3 is 2.60 bits per heavy atom. The SMILES string of the molecule is Cc1cc(CCl)cc(Oc2ccc3ccccc3c2)n1. The monoisotopic (exact) mass is 283 g/mol. The lowest BCUT2D eigenvalue weighted by atomic mass is 10.1. The number of rotatable bonds is 3. The molecule has 0 fully saturated rings. The van der Waals surface area contributed by atoms with E-state index in [-0.39, 0.29) is 0 Å². The highest BCUT2D eigenvalue weighted by atomic mass is 35.5. The van der Waals surface area contributed by atoms with Gasteiger partial charge in [0.1, 0.15) is 5.75 Å². The second-order valence-electron chi connectivity index (χ2n) is 4.70. The maximum Gasteiger partial charge on any atom is 0.219 e. The van der Waals surface area contributed by atoms with Gasteiger partial charge in [-0.05, 0) is 41.5 Å². The molecule has 100 valence electrons. The molecule has 0 bridgehead atoms. The number of aromatic nitrogens is 1. The number of hydrogen-bond donors (Lipinski definition) is 0. The lowest BCUT2D eigenvalue weighted by Gasteiger charge is -2.08. The molecule has 1 aromatic heterocycles. The van der Waals surface area contributed by atoms with Gasteiger partial charge < -0.3 is 4.74 Å². The molecule has 20 heavy (non-hydrogen) atoms. The van der Waals surface area contributed by atoms with Gasteiger partial charge in [-0.2, -0.15) is 0 Å². The van der Waals surface area contributed by atoms with E-state index in [0.717, 1.165) is 22.4 Å². The van der Waals surface area contributed by atoms with Crippen LogP contribution in [0.4, 0.5) is 0 Å². The van der Waals surface area contributed by atoms with E-state index >= 15 is 0 Å². The van der Waals surface area contributed by atoms with Crippen molar-refractivity contribution in [2.24, 2.45) is 0 Å². The molecule has 0 aliphatic rings. The van der Waals surface area contributed by atoms with E-state index in [9.17, 15) is 0 Å². The number of pyridine rings is 1. The Balaban J connectivity index is 1.94. The van der Waals surface area contributed by atoms with Crippen LogP contribution in [0.3, 0.4) is 0 Å². The second kappa shape index (κ2) is 5.51. The molecule has 0 unspecified atom stereocenters. The molecule has 2 aromatic carbocycles. The Hall–Kier alpha value is -2.06. The van der Waals surface area contributed by atoms with Crippen LogP contribution in [-0.2, 0) is 5.88 Å². The van der Waals surface area contributed by atoms with E-state index < -0.39 is 0 Å². The van der Waals surface area contributed by atoms with Crippen LogP contribution in [0.2, 0.25) is 0 Å². The van der Waals surface area contributed by atoms with Crippen molar-refractivity contribution < 1.29 is 4.74 Å². The van der Waals surface area contributed by atoms with Crippen molar-refractivity contribution in [3.63, 3.8) is 0 Å². The summed E-state index contributed by atoms with van der Waals surface area (Å²) in [4.78, 5) is 4.38. The fourth-order valence-electron chi connectivity index (χ4n) is 2.19. The molecule has 2 nitrogen and oxygen atoms in total. The zero-order valence-corrected chi connectivity index (χ0v) is 11.9. The number of ether oxygens (including phenoxy) is 1. The maximum absolute atomic E-state index is 5.87. The van der Waals surface area contributed by atoms with E-state index in [0.29, 0.717) is 11.8 Å². The van der Waals surface area contributed by atoms with Crippen LogP contribution >= 0.6 is 11.6 Å². The van der Waals surface area contributed by atoms with Gasteiger partial charge >= 0.3 is 0 Å². The third-order valence-corrected chi connectivity index (χ3v) is 3.40. The first-order valence-corrected chi connectivity index (χ1v) is 6.98. The summed E-state index contributed by atoms with van der Waals surface area (Å²) in [5.74, 6) is 1.82. The quantitative estimate of drug-likeness (QED) is 0.626. The summed E-state index contributed by atoms with van der Waals surface area (Å²) in [5.41, 5.74) is 1.91. The summed E-state index contributed by atoms with van der Waals surface area (Å²) in [7, 11) is 0. The summed E-state index contributed by atoms with van der Waals surface area (Å²) in [6.45, 7) is 1.93. The first-order valence-electron chi connectivity index (χ1n) is 6.45. The van der Waals surface area contributed by atoms with Crippen LogP contribution in [0.15, 0.2) is 54.6 Å². The highest BCUT2D eigenvalue weighted by molar-refractivity contribution is 6.17. The smallest absolute Gasteiger partial charge is 0.219 e. The lowest BCUT2D eigenvalue weighted by molar-refractivity contribution is 0.462. The zero-order chi connectivity index (χ0) is 13.9. The van der Waals surface area contributed by atoms with Crippen molar-refractivity contribution in [1.82, 2.24) is 4.98 Å². The van der Waals surface area contributed by atoms with Crippen LogP contribution in [0.1, 0.15) is 11.3 Å². The van der Waals surface area contributed by atoms with Crippen molar-refractivity contribution in [3.8, 4) is 11.6 Å². The number of nitrogens with zero attached hydrogens (tertiary/aromatic N) is 1. The van der Waals surface area contributed by atoms with E-state index in [1.165, 1.54) is 5.39 Å². The van der Waals surface area contributed by atoms with Crippen molar-refractivity contribution in [3.05, 3.63) is 65.9 Å². The lowest BCUT2D eigenvalue weighted by Crippen LogP contribution is -1.92. The Morgan fingerprint density at radius 2 is 1.80 bits per heavy atom. The fourth-order valence-corrected chi connectivity index (χ4v) is 2.34. The van der Waals surface area contributed by atoms with E-state index in [1.54, 1.807) is 0 Å². The minimum Gasteiger partial charge on any atom is -0.439 e. The van der Waals surface area contributed by atoms with Gasteiger partial charge in [-0.3, -0.25) is 0 Å². The minimum absolute atomic E-state index is 0.456. The molecule has 0 aliphatic carbocycles. The topological polar surface area (TPSA) is 22.1 Å². The molecule has 0 amide bonds. The first kappa shape index (κ1) is 12.9. The van der Waals surface area contributed by atoms with Gasteiger partial charge in [0, 0.05) is 17.6 Å². The third-order valence-electron chi connectivity index (χ3n) is 3.09. The van der Waals surface area contributed by atoms with Crippen LogP contribution < -0.4 is 4.74 Å². The molecule has 0 saturated heterocycles. The van der Waals surface area contributed by atoms with Gasteiger partial charge in [-0.15, -0.1) is 11.6 Å². The molecule has 0 radical (unpaired) electrons. The van der Waals surface area contributed by atoms with Crippen molar-refractivity contribution >= 4 is 22.4 Å². The number of alkyl halides is 1. The van der Waals surface area contributed by atoms with E-state index in [4.69, 9.17) is 16.3 Å². The third kappa shape index (κ3) is 2.75. The second-order valence-corrected chi connectivity index (χ2v) is 4.97. The maximum atomic E-state index is 5.87. The number of fused-ring (bicyclic) bond motifs is 1. The molecule has 1 heterocycles. The number of halogens is 1. The van der Waals surface area contributed by atoms with Crippen LogP contribution in [-0.4, -0.2) is 4.98 Å². The molecular formula is C17H14ClNO. The summed E-state index contributed by atoms with van der Waals surface area (Å²) in [6, 6.07) is 18.0.